The van der Waals surface area contributed by atoms with Gasteiger partial charge in [0.15, 0.2) is 7.05 Å². The summed E-state index contributed by atoms with van der Waals surface area (Å²) in [4.78, 5) is 0. The Hall–Kier alpha value is -0.600. The summed E-state index contributed by atoms with van der Waals surface area (Å²) < 4.78 is 2.12. The van der Waals surface area contributed by atoms with Crippen molar-refractivity contribution < 1.29 is 3.96 Å². The Bertz CT molecular complexity index is 394. The molecule has 0 radical (unpaired) electrons. The maximum absolute atomic E-state index is 5.82. The highest BCUT2D eigenvalue weighted by Gasteiger charge is 2.06. The van der Waals surface area contributed by atoms with Crippen LogP contribution in [0.2, 0.25) is 5.02 Å². The number of fused-ring (bicyclic) bond motifs is 1. The first-order valence-electron chi connectivity index (χ1n) is 3.30. The Kier molecular flexibility index (Phi) is 1.59. The van der Waals surface area contributed by atoms with Crippen molar-refractivity contribution in [3.8, 4) is 0 Å². The zero-order valence-corrected chi connectivity index (χ0v) is 7.62. The van der Waals surface area contributed by atoms with Gasteiger partial charge in [-0.15, -0.1) is 3.96 Å². The third kappa shape index (κ3) is 1.12. The first-order valence-corrected chi connectivity index (χ1v) is 4.52. The van der Waals surface area contributed by atoms with E-state index in [1.165, 1.54) is 10.9 Å². The lowest BCUT2D eigenvalue weighted by atomic mass is 10.3. The van der Waals surface area contributed by atoms with E-state index in [0.717, 1.165) is 5.02 Å². The van der Waals surface area contributed by atoms with Crippen LogP contribution >= 0.6 is 23.1 Å². The zero-order chi connectivity index (χ0) is 7.84. The molecule has 1 aromatic heterocycles. The standard InChI is InChI=1S/C8H7ClNS/c1-10-8-3-2-7(9)4-6(8)5-11-10/h2-5H,1H3/q+1. The van der Waals surface area contributed by atoms with Gasteiger partial charge in [-0.25, -0.2) is 0 Å². The summed E-state index contributed by atoms with van der Waals surface area (Å²) in [6.45, 7) is 0. The molecule has 0 atom stereocenters. The van der Waals surface area contributed by atoms with Gasteiger partial charge in [0.2, 0.25) is 5.52 Å². The minimum Gasteiger partial charge on any atom is -0.136 e. The first-order chi connectivity index (χ1) is 5.27. The van der Waals surface area contributed by atoms with E-state index in [0.29, 0.717) is 0 Å². The molecular weight excluding hydrogens is 178 g/mol. The molecule has 0 aliphatic rings. The quantitative estimate of drug-likeness (QED) is 0.554. The van der Waals surface area contributed by atoms with Crippen LogP contribution < -0.4 is 3.96 Å². The molecular formula is C8H7ClNS+. The van der Waals surface area contributed by atoms with Gasteiger partial charge in [0.1, 0.15) is 11.5 Å². The Morgan fingerprint density at radius 1 is 1.45 bits per heavy atom. The van der Waals surface area contributed by atoms with Crippen molar-refractivity contribution in [2.24, 2.45) is 7.05 Å². The van der Waals surface area contributed by atoms with Crippen LogP contribution in [0.1, 0.15) is 0 Å². The lowest BCUT2D eigenvalue weighted by Crippen LogP contribution is -2.20. The summed E-state index contributed by atoms with van der Waals surface area (Å²) in [5.41, 5.74) is 1.24. The second-order valence-corrected chi connectivity index (χ2v) is 3.85. The predicted molar refractivity (Wildman–Crippen MR) is 48.0 cm³/mol. The van der Waals surface area contributed by atoms with Gasteiger partial charge in [-0.1, -0.05) is 11.6 Å². The number of halogens is 1. The van der Waals surface area contributed by atoms with E-state index >= 15 is 0 Å². The highest BCUT2D eigenvalue weighted by Crippen LogP contribution is 2.17. The Balaban J connectivity index is 2.86. The number of rotatable bonds is 0. The van der Waals surface area contributed by atoms with E-state index < -0.39 is 0 Å². The van der Waals surface area contributed by atoms with Crippen LogP contribution in [0.25, 0.3) is 10.9 Å². The van der Waals surface area contributed by atoms with Gasteiger partial charge >= 0.3 is 0 Å². The van der Waals surface area contributed by atoms with Crippen molar-refractivity contribution in [2.75, 3.05) is 0 Å². The smallest absolute Gasteiger partial charge is 0.136 e. The van der Waals surface area contributed by atoms with Gasteiger partial charge in [-0.2, -0.15) is 0 Å². The van der Waals surface area contributed by atoms with Crippen molar-refractivity contribution in [3.05, 3.63) is 28.6 Å². The minimum atomic E-state index is 0.802. The number of aryl methyl sites for hydroxylation is 1. The van der Waals surface area contributed by atoms with E-state index in [1.807, 2.05) is 25.2 Å². The van der Waals surface area contributed by atoms with Gasteiger partial charge in [-0.3, -0.25) is 0 Å². The molecule has 0 unspecified atom stereocenters. The summed E-state index contributed by atoms with van der Waals surface area (Å²) in [7, 11) is 2.04. The second-order valence-electron chi connectivity index (χ2n) is 2.42. The molecule has 0 aliphatic heterocycles. The Morgan fingerprint density at radius 2 is 2.27 bits per heavy atom. The third-order valence-corrected chi connectivity index (χ3v) is 2.77. The lowest BCUT2D eigenvalue weighted by molar-refractivity contribution is -0.573. The van der Waals surface area contributed by atoms with Crippen LogP contribution in [0.3, 0.4) is 0 Å². The third-order valence-electron chi connectivity index (χ3n) is 1.67. The largest absolute Gasteiger partial charge is 0.226 e. The summed E-state index contributed by atoms with van der Waals surface area (Å²) >= 11 is 7.51. The fourth-order valence-electron chi connectivity index (χ4n) is 1.10. The maximum Gasteiger partial charge on any atom is 0.226 e. The number of benzene rings is 1. The Morgan fingerprint density at radius 3 is 3.09 bits per heavy atom. The molecule has 1 aromatic carbocycles. The predicted octanol–water partition coefficient (Wildman–Crippen LogP) is 2.38. The molecule has 56 valence electrons. The Labute approximate surface area is 74.0 Å². The average Bonchev–Trinajstić information content (AvgIpc) is 2.32. The van der Waals surface area contributed by atoms with Crippen molar-refractivity contribution in [1.29, 1.82) is 0 Å². The molecule has 0 N–H and O–H groups in total. The van der Waals surface area contributed by atoms with E-state index in [9.17, 15) is 0 Å². The molecule has 2 rings (SSSR count). The normalized spacial score (nSPS) is 10.7. The number of hydrogen-bond donors (Lipinski definition) is 0. The molecule has 0 amide bonds. The molecule has 0 spiro atoms. The molecule has 1 nitrogen and oxygen atoms in total. The molecule has 2 aromatic rings. The molecule has 0 fully saturated rings. The highest BCUT2D eigenvalue weighted by molar-refractivity contribution is 7.00. The monoisotopic (exact) mass is 184 g/mol. The van der Waals surface area contributed by atoms with Gasteiger partial charge in [0, 0.05) is 11.1 Å². The molecule has 0 aliphatic carbocycles. The van der Waals surface area contributed by atoms with E-state index in [-0.39, 0.29) is 0 Å². The van der Waals surface area contributed by atoms with Gasteiger partial charge in [0.25, 0.3) is 0 Å². The van der Waals surface area contributed by atoms with Gasteiger partial charge < -0.3 is 0 Å². The van der Waals surface area contributed by atoms with Crippen LogP contribution in [0, 0.1) is 0 Å². The minimum absolute atomic E-state index is 0.802. The van der Waals surface area contributed by atoms with Crippen LogP contribution in [-0.2, 0) is 7.05 Å². The molecule has 0 bridgehead atoms. The maximum atomic E-state index is 5.82. The first kappa shape index (κ1) is 7.07. The summed E-state index contributed by atoms with van der Waals surface area (Å²) in [5.74, 6) is 0. The molecule has 1 heterocycles. The van der Waals surface area contributed by atoms with Crippen LogP contribution in [0.5, 0.6) is 0 Å². The zero-order valence-electron chi connectivity index (χ0n) is 6.04. The SMILES string of the molecule is C[n+]1scc2cc(Cl)ccc21. The van der Waals surface area contributed by atoms with Crippen molar-refractivity contribution in [2.45, 2.75) is 0 Å². The van der Waals surface area contributed by atoms with Gasteiger partial charge in [0.05, 0.1) is 10.8 Å². The molecule has 0 saturated heterocycles. The van der Waals surface area contributed by atoms with Crippen molar-refractivity contribution >= 4 is 34.0 Å². The highest BCUT2D eigenvalue weighted by atomic mass is 35.5. The summed E-state index contributed by atoms with van der Waals surface area (Å²) in [5, 5.41) is 4.11. The summed E-state index contributed by atoms with van der Waals surface area (Å²) in [6.07, 6.45) is 0. The van der Waals surface area contributed by atoms with E-state index in [1.54, 1.807) is 11.5 Å². The fraction of sp³-hybridized carbons (Fsp3) is 0.125. The average molecular weight is 185 g/mol. The lowest BCUT2D eigenvalue weighted by Gasteiger charge is -1.85. The molecule has 11 heavy (non-hydrogen) atoms. The van der Waals surface area contributed by atoms with Crippen LogP contribution in [0.15, 0.2) is 23.6 Å². The number of nitrogens with zero attached hydrogens (tertiary/aromatic N) is 1. The van der Waals surface area contributed by atoms with Gasteiger partial charge in [-0.05, 0) is 12.1 Å². The second kappa shape index (κ2) is 2.47. The topological polar surface area (TPSA) is 3.88 Å². The van der Waals surface area contributed by atoms with Crippen molar-refractivity contribution in [3.63, 3.8) is 0 Å². The van der Waals surface area contributed by atoms with E-state index in [2.05, 4.69) is 9.34 Å². The fourth-order valence-corrected chi connectivity index (χ4v) is 2.02. The van der Waals surface area contributed by atoms with Crippen molar-refractivity contribution in [1.82, 2.24) is 0 Å². The molecule has 0 saturated carbocycles. The molecule has 3 heteroatoms. The van der Waals surface area contributed by atoms with Crippen LogP contribution in [0.4, 0.5) is 0 Å². The number of hydrogen-bond acceptors (Lipinski definition) is 1. The van der Waals surface area contributed by atoms with E-state index in [4.69, 9.17) is 11.6 Å². The van der Waals surface area contributed by atoms with Crippen LogP contribution in [-0.4, -0.2) is 0 Å². The summed E-state index contributed by atoms with van der Waals surface area (Å²) in [6, 6.07) is 5.93. The number of aromatic nitrogens is 1.